The number of rotatable bonds is 5. The zero-order valence-corrected chi connectivity index (χ0v) is 11.4. The van der Waals surface area contributed by atoms with Crippen molar-refractivity contribution in [3.8, 4) is 0 Å². The second-order valence-corrected chi connectivity index (χ2v) is 4.28. The van der Waals surface area contributed by atoms with Gasteiger partial charge in [0, 0.05) is 17.8 Å². The number of carbonyl (C=O) groups is 2. The van der Waals surface area contributed by atoms with Crippen LogP contribution in [0.2, 0.25) is 0 Å². The molecule has 0 unspecified atom stereocenters. The highest BCUT2D eigenvalue weighted by Gasteiger charge is 2.11. The predicted molar refractivity (Wildman–Crippen MR) is 76.9 cm³/mol. The molecule has 6 heteroatoms. The number of benzene rings is 1. The van der Waals surface area contributed by atoms with E-state index in [2.05, 4.69) is 15.0 Å². The molecule has 21 heavy (non-hydrogen) atoms. The van der Waals surface area contributed by atoms with E-state index < -0.39 is 5.97 Å². The van der Waals surface area contributed by atoms with Crippen LogP contribution >= 0.6 is 0 Å². The summed E-state index contributed by atoms with van der Waals surface area (Å²) < 4.78 is 4.63. The molecular weight excluding hydrogens is 272 g/mol. The number of aryl methyl sites for hydroxylation is 1. The van der Waals surface area contributed by atoms with Gasteiger partial charge in [-0.1, -0.05) is 18.1 Å². The van der Waals surface area contributed by atoms with Gasteiger partial charge in [0.15, 0.2) is 5.69 Å². The number of carboxylic acids is 1. The van der Waals surface area contributed by atoms with E-state index in [0.717, 1.165) is 17.2 Å². The second kappa shape index (κ2) is 6.51. The Morgan fingerprint density at radius 3 is 2.81 bits per heavy atom. The Balaban J connectivity index is 2.20. The summed E-state index contributed by atoms with van der Waals surface area (Å²) in [5.41, 5.74) is 2.53. The first-order valence-electron chi connectivity index (χ1n) is 6.36. The molecule has 0 saturated heterocycles. The van der Waals surface area contributed by atoms with Crippen molar-refractivity contribution >= 4 is 23.6 Å². The molecule has 0 atom stereocenters. The van der Waals surface area contributed by atoms with Crippen molar-refractivity contribution in [2.24, 2.45) is 0 Å². The summed E-state index contributed by atoms with van der Waals surface area (Å²) in [7, 11) is 0. The van der Waals surface area contributed by atoms with E-state index in [0.29, 0.717) is 12.1 Å². The summed E-state index contributed by atoms with van der Waals surface area (Å²) in [5, 5.41) is 14.9. The Kier molecular flexibility index (Phi) is 4.50. The van der Waals surface area contributed by atoms with Crippen molar-refractivity contribution in [2.45, 2.75) is 13.3 Å². The van der Waals surface area contributed by atoms with Crippen molar-refractivity contribution < 1.29 is 19.2 Å². The lowest BCUT2D eigenvalue weighted by Crippen LogP contribution is -2.13. The summed E-state index contributed by atoms with van der Waals surface area (Å²) in [6, 6.07) is 6.78. The van der Waals surface area contributed by atoms with Crippen LogP contribution in [0.25, 0.3) is 6.08 Å². The minimum Gasteiger partial charge on any atom is -0.478 e. The molecular formula is C15H14N2O4. The molecule has 1 aromatic carbocycles. The minimum absolute atomic E-state index is 0.201. The maximum absolute atomic E-state index is 11.9. The molecule has 0 aliphatic rings. The number of aromatic nitrogens is 1. The zero-order valence-electron chi connectivity index (χ0n) is 11.4. The van der Waals surface area contributed by atoms with Gasteiger partial charge >= 0.3 is 5.97 Å². The molecule has 1 aromatic heterocycles. The molecule has 1 heterocycles. The highest BCUT2D eigenvalue weighted by molar-refractivity contribution is 6.03. The normalized spacial score (nSPS) is 10.7. The highest BCUT2D eigenvalue weighted by Crippen LogP contribution is 2.20. The fourth-order valence-electron chi connectivity index (χ4n) is 1.82. The molecule has 2 rings (SSSR count). The van der Waals surface area contributed by atoms with Crippen LogP contribution < -0.4 is 5.32 Å². The van der Waals surface area contributed by atoms with Crippen molar-refractivity contribution in [3.63, 3.8) is 0 Å². The summed E-state index contributed by atoms with van der Waals surface area (Å²) in [4.78, 5) is 22.4. The number of nitrogens with one attached hydrogen (secondary N) is 1. The monoisotopic (exact) mass is 286 g/mol. The standard InChI is InChI=1S/C15H14N2O4/c1-2-11-9-10(4-6-14(18)19)3-5-12(11)16-15(20)13-7-8-21-17-13/h3-9H,2H2,1H3,(H,16,20)(H,18,19)/b6-4+. The lowest BCUT2D eigenvalue weighted by molar-refractivity contribution is -0.131. The molecule has 0 spiro atoms. The minimum atomic E-state index is -1.00. The summed E-state index contributed by atoms with van der Waals surface area (Å²) in [6.45, 7) is 1.95. The van der Waals surface area contributed by atoms with E-state index in [1.54, 1.807) is 12.1 Å². The molecule has 2 N–H and O–H groups in total. The molecule has 0 radical (unpaired) electrons. The maximum Gasteiger partial charge on any atom is 0.328 e. The van der Waals surface area contributed by atoms with Gasteiger partial charge < -0.3 is 14.9 Å². The van der Waals surface area contributed by atoms with Gasteiger partial charge in [0.05, 0.1) is 0 Å². The van der Waals surface area contributed by atoms with E-state index in [4.69, 9.17) is 5.11 Å². The van der Waals surface area contributed by atoms with Gasteiger partial charge in [-0.15, -0.1) is 0 Å². The predicted octanol–water partition coefficient (Wildman–Crippen LogP) is 2.59. The highest BCUT2D eigenvalue weighted by atomic mass is 16.5. The molecule has 0 saturated carbocycles. The maximum atomic E-state index is 11.9. The van der Waals surface area contributed by atoms with Gasteiger partial charge in [0.25, 0.3) is 5.91 Å². The first kappa shape index (κ1) is 14.5. The average molecular weight is 286 g/mol. The lowest BCUT2D eigenvalue weighted by atomic mass is 10.1. The SMILES string of the molecule is CCc1cc(/C=C/C(=O)O)ccc1NC(=O)c1ccon1. The van der Waals surface area contributed by atoms with E-state index in [1.807, 2.05) is 13.0 Å². The number of anilines is 1. The van der Waals surface area contributed by atoms with Crippen molar-refractivity contribution in [2.75, 3.05) is 5.32 Å². The number of nitrogens with zero attached hydrogens (tertiary/aromatic N) is 1. The fourth-order valence-corrected chi connectivity index (χ4v) is 1.82. The van der Waals surface area contributed by atoms with E-state index in [9.17, 15) is 9.59 Å². The molecule has 0 aliphatic carbocycles. The summed E-state index contributed by atoms with van der Waals surface area (Å²) in [5.74, 6) is -1.36. The molecule has 0 aliphatic heterocycles. The van der Waals surface area contributed by atoms with E-state index >= 15 is 0 Å². The van der Waals surface area contributed by atoms with Crippen LogP contribution in [0.5, 0.6) is 0 Å². The third kappa shape index (κ3) is 3.79. The number of amides is 1. The van der Waals surface area contributed by atoms with Crippen LogP contribution in [0.3, 0.4) is 0 Å². The van der Waals surface area contributed by atoms with Crippen molar-refractivity contribution in [3.05, 3.63) is 53.4 Å². The van der Waals surface area contributed by atoms with Gasteiger partial charge in [-0.25, -0.2) is 4.79 Å². The zero-order chi connectivity index (χ0) is 15.2. The Bertz CT molecular complexity index is 675. The van der Waals surface area contributed by atoms with Crippen LogP contribution in [-0.4, -0.2) is 22.1 Å². The number of hydrogen-bond donors (Lipinski definition) is 2. The van der Waals surface area contributed by atoms with Gasteiger partial charge in [-0.2, -0.15) is 0 Å². The van der Waals surface area contributed by atoms with E-state index in [1.165, 1.54) is 18.4 Å². The van der Waals surface area contributed by atoms with Crippen molar-refractivity contribution in [1.82, 2.24) is 5.16 Å². The fraction of sp³-hybridized carbons (Fsp3) is 0.133. The average Bonchev–Trinajstić information content (AvgIpc) is 3.00. The quantitative estimate of drug-likeness (QED) is 0.824. The molecule has 0 bridgehead atoms. The van der Waals surface area contributed by atoms with Crippen LogP contribution in [-0.2, 0) is 11.2 Å². The lowest BCUT2D eigenvalue weighted by Gasteiger charge is -2.09. The van der Waals surface area contributed by atoms with Gasteiger partial charge in [0.2, 0.25) is 0 Å². The Morgan fingerprint density at radius 1 is 1.38 bits per heavy atom. The largest absolute Gasteiger partial charge is 0.478 e. The first-order valence-corrected chi connectivity index (χ1v) is 6.36. The third-order valence-corrected chi connectivity index (χ3v) is 2.85. The molecule has 1 amide bonds. The topological polar surface area (TPSA) is 92.4 Å². The van der Waals surface area contributed by atoms with Crippen LogP contribution in [0.15, 0.2) is 41.1 Å². The second-order valence-electron chi connectivity index (χ2n) is 4.28. The van der Waals surface area contributed by atoms with Crippen LogP contribution in [0, 0.1) is 0 Å². The summed E-state index contributed by atoms with van der Waals surface area (Å²) >= 11 is 0. The van der Waals surface area contributed by atoms with Crippen LogP contribution in [0.1, 0.15) is 28.5 Å². The third-order valence-electron chi connectivity index (χ3n) is 2.85. The number of hydrogen-bond acceptors (Lipinski definition) is 4. The van der Waals surface area contributed by atoms with Crippen LogP contribution in [0.4, 0.5) is 5.69 Å². The first-order chi connectivity index (χ1) is 10.1. The van der Waals surface area contributed by atoms with Crippen molar-refractivity contribution in [1.29, 1.82) is 0 Å². The summed E-state index contributed by atoms with van der Waals surface area (Å²) in [6.07, 6.45) is 4.60. The smallest absolute Gasteiger partial charge is 0.328 e. The molecule has 0 fully saturated rings. The van der Waals surface area contributed by atoms with Gasteiger partial charge in [-0.3, -0.25) is 4.79 Å². The number of carbonyl (C=O) groups excluding carboxylic acids is 1. The molecule has 6 nitrogen and oxygen atoms in total. The number of aliphatic carboxylic acids is 1. The molecule has 108 valence electrons. The number of carboxylic acid groups (broad SMARTS) is 1. The van der Waals surface area contributed by atoms with Gasteiger partial charge in [-0.05, 0) is 35.8 Å². The Labute approximate surface area is 121 Å². The Morgan fingerprint density at radius 2 is 2.19 bits per heavy atom. The molecule has 2 aromatic rings. The van der Waals surface area contributed by atoms with E-state index in [-0.39, 0.29) is 11.6 Å². The Hall–Kier alpha value is -2.89. The van der Waals surface area contributed by atoms with Gasteiger partial charge in [0.1, 0.15) is 6.26 Å².